The Balaban J connectivity index is 2.47. The fourth-order valence-corrected chi connectivity index (χ4v) is 2.27. The molecular weight excluding hydrogens is 318 g/mol. The lowest BCUT2D eigenvalue weighted by Crippen LogP contribution is -2.11. The number of nitrogens with zero attached hydrogens (tertiary/aromatic N) is 2. The van der Waals surface area contributed by atoms with Gasteiger partial charge < -0.3 is 9.67 Å². The summed E-state index contributed by atoms with van der Waals surface area (Å²) in [6.07, 6.45) is 2.40. The fraction of sp³-hybridized carbons (Fsp3) is 0.308. The highest BCUT2D eigenvalue weighted by atomic mass is 79.9. The number of benzene rings is 1. The van der Waals surface area contributed by atoms with Gasteiger partial charge in [-0.1, -0.05) is 6.92 Å². The van der Waals surface area contributed by atoms with Crippen molar-refractivity contribution < 1.29 is 13.9 Å². The van der Waals surface area contributed by atoms with Gasteiger partial charge in [-0.25, -0.2) is 13.8 Å². The average molecular weight is 331 g/mol. The molecule has 0 amide bonds. The Morgan fingerprint density at radius 3 is 2.84 bits per heavy atom. The third-order valence-corrected chi connectivity index (χ3v) is 3.45. The zero-order chi connectivity index (χ0) is 14.0. The van der Waals surface area contributed by atoms with Gasteiger partial charge in [0.15, 0.2) is 0 Å². The highest BCUT2D eigenvalue weighted by Gasteiger charge is 2.24. The van der Waals surface area contributed by atoms with Crippen LogP contribution < -0.4 is 0 Å². The van der Waals surface area contributed by atoms with E-state index in [1.54, 1.807) is 4.57 Å². The molecule has 0 radical (unpaired) electrons. The molecule has 0 saturated heterocycles. The highest BCUT2D eigenvalue weighted by Crippen LogP contribution is 2.30. The quantitative estimate of drug-likeness (QED) is 0.872. The molecule has 0 aliphatic heterocycles. The van der Waals surface area contributed by atoms with Crippen LogP contribution in [0.25, 0.3) is 0 Å². The summed E-state index contributed by atoms with van der Waals surface area (Å²) >= 11 is 2.99. The number of imidazole rings is 1. The van der Waals surface area contributed by atoms with E-state index in [0.717, 1.165) is 12.5 Å². The van der Waals surface area contributed by atoms with Crippen LogP contribution >= 0.6 is 15.9 Å². The molecule has 6 heteroatoms. The molecule has 19 heavy (non-hydrogen) atoms. The first-order valence-corrected chi connectivity index (χ1v) is 6.67. The molecule has 102 valence electrons. The Kier molecular flexibility index (Phi) is 4.31. The van der Waals surface area contributed by atoms with Crippen molar-refractivity contribution in [3.05, 3.63) is 52.0 Å². The minimum absolute atomic E-state index is 0.115. The second kappa shape index (κ2) is 5.79. The van der Waals surface area contributed by atoms with Gasteiger partial charge in [0.05, 0.1) is 28.3 Å². The molecule has 1 unspecified atom stereocenters. The van der Waals surface area contributed by atoms with Crippen molar-refractivity contribution in [2.24, 2.45) is 0 Å². The number of aromatic nitrogens is 2. The number of halogens is 3. The largest absolute Gasteiger partial charge is 0.382 e. The van der Waals surface area contributed by atoms with Crippen molar-refractivity contribution >= 4 is 15.9 Å². The maximum atomic E-state index is 13.9. The second-order valence-electron chi connectivity index (χ2n) is 4.17. The maximum absolute atomic E-state index is 13.9. The van der Waals surface area contributed by atoms with Crippen LogP contribution in [-0.4, -0.2) is 14.7 Å². The van der Waals surface area contributed by atoms with E-state index >= 15 is 0 Å². The van der Waals surface area contributed by atoms with Crippen molar-refractivity contribution in [1.82, 2.24) is 9.55 Å². The minimum atomic E-state index is -1.38. The van der Waals surface area contributed by atoms with E-state index in [0.29, 0.717) is 12.2 Å². The maximum Gasteiger partial charge on any atom is 0.146 e. The summed E-state index contributed by atoms with van der Waals surface area (Å²) in [7, 11) is 0. The normalized spacial score (nSPS) is 12.7. The smallest absolute Gasteiger partial charge is 0.146 e. The molecule has 1 atom stereocenters. The molecule has 1 N–H and O–H groups in total. The second-order valence-corrected chi connectivity index (χ2v) is 5.03. The predicted octanol–water partition coefficient (Wildman–Crippen LogP) is 3.42. The van der Waals surface area contributed by atoms with Crippen LogP contribution in [0.1, 0.15) is 30.7 Å². The molecule has 0 aliphatic rings. The summed E-state index contributed by atoms with van der Waals surface area (Å²) < 4.78 is 29.5. The summed E-state index contributed by atoms with van der Waals surface area (Å²) in [5.41, 5.74) is 0.00461. The topological polar surface area (TPSA) is 38.0 Å². The summed E-state index contributed by atoms with van der Waals surface area (Å²) in [6, 6.07) is 2.39. The molecule has 1 aromatic carbocycles. The first-order chi connectivity index (χ1) is 9.06. The van der Waals surface area contributed by atoms with Crippen molar-refractivity contribution in [3.8, 4) is 0 Å². The Labute approximate surface area is 118 Å². The van der Waals surface area contributed by atoms with Gasteiger partial charge in [0.2, 0.25) is 0 Å². The van der Waals surface area contributed by atoms with Crippen LogP contribution in [-0.2, 0) is 6.54 Å². The summed E-state index contributed by atoms with van der Waals surface area (Å²) in [5, 5.41) is 10.2. The number of rotatable bonds is 4. The lowest BCUT2D eigenvalue weighted by Gasteiger charge is -2.15. The lowest BCUT2D eigenvalue weighted by molar-refractivity contribution is 0.198. The molecule has 0 fully saturated rings. The van der Waals surface area contributed by atoms with E-state index < -0.39 is 17.7 Å². The lowest BCUT2D eigenvalue weighted by atomic mass is 10.1. The van der Waals surface area contributed by atoms with Crippen molar-refractivity contribution in [1.29, 1.82) is 0 Å². The van der Waals surface area contributed by atoms with Gasteiger partial charge in [-0.15, -0.1) is 0 Å². The molecule has 1 aromatic heterocycles. The number of hydrogen-bond acceptors (Lipinski definition) is 2. The molecular formula is C13H13BrF2N2O. The van der Waals surface area contributed by atoms with E-state index in [1.807, 2.05) is 6.92 Å². The number of hydrogen-bond donors (Lipinski definition) is 1. The molecule has 2 rings (SSSR count). The third-order valence-electron chi connectivity index (χ3n) is 2.84. The molecule has 0 spiro atoms. The van der Waals surface area contributed by atoms with Gasteiger partial charge >= 0.3 is 0 Å². The van der Waals surface area contributed by atoms with Crippen molar-refractivity contribution in [2.45, 2.75) is 26.0 Å². The van der Waals surface area contributed by atoms with E-state index in [2.05, 4.69) is 20.9 Å². The van der Waals surface area contributed by atoms with Gasteiger partial charge in [0.25, 0.3) is 0 Å². The zero-order valence-electron chi connectivity index (χ0n) is 10.3. The zero-order valence-corrected chi connectivity index (χ0v) is 11.9. The van der Waals surface area contributed by atoms with Gasteiger partial charge in [-0.2, -0.15) is 0 Å². The van der Waals surface area contributed by atoms with E-state index in [9.17, 15) is 13.9 Å². The van der Waals surface area contributed by atoms with Gasteiger partial charge in [0, 0.05) is 6.54 Å². The van der Waals surface area contributed by atoms with Gasteiger partial charge in [-0.3, -0.25) is 0 Å². The third kappa shape index (κ3) is 2.69. The van der Waals surface area contributed by atoms with Crippen molar-refractivity contribution in [3.63, 3.8) is 0 Å². The average Bonchev–Trinajstić information content (AvgIpc) is 2.83. The number of aliphatic hydroxyl groups is 1. The SMILES string of the molecule is CCCn1cncc1C(O)c1c(F)ccc(Br)c1F. The minimum Gasteiger partial charge on any atom is -0.382 e. The molecule has 1 heterocycles. The fourth-order valence-electron chi connectivity index (χ4n) is 1.93. The van der Waals surface area contributed by atoms with Crippen LogP contribution in [0.4, 0.5) is 8.78 Å². The number of aliphatic hydroxyl groups excluding tert-OH is 1. The van der Waals surface area contributed by atoms with Crippen molar-refractivity contribution in [2.75, 3.05) is 0 Å². The van der Waals surface area contributed by atoms with Gasteiger partial charge in [-0.05, 0) is 34.5 Å². The molecule has 3 nitrogen and oxygen atoms in total. The highest BCUT2D eigenvalue weighted by molar-refractivity contribution is 9.10. The Hall–Kier alpha value is -1.27. The van der Waals surface area contributed by atoms with E-state index in [4.69, 9.17) is 0 Å². The Morgan fingerprint density at radius 1 is 1.42 bits per heavy atom. The van der Waals surface area contributed by atoms with Crippen LogP contribution in [0.5, 0.6) is 0 Å². The van der Waals surface area contributed by atoms with Crippen LogP contribution in [0.15, 0.2) is 29.1 Å². The summed E-state index contributed by atoms with van der Waals surface area (Å²) in [5.74, 6) is -1.57. The predicted molar refractivity (Wildman–Crippen MR) is 70.6 cm³/mol. The Bertz CT molecular complexity index is 586. The van der Waals surface area contributed by atoms with Crippen LogP contribution in [0.2, 0.25) is 0 Å². The Morgan fingerprint density at radius 2 is 2.16 bits per heavy atom. The first kappa shape index (κ1) is 14.1. The van der Waals surface area contributed by atoms with Gasteiger partial charge in [0.1, 0.15) is 17.7 Å². The van der Waals surface area contributed by atoms with E-state index in [-0.39, 0.29) is 10.0 Å². The summed E-state index contributed by atoms with van der Waals surface area (Å²) in [4.78, 5) is 3.92. The molecule has 0 aliphatic carbocycles. The van der Waals surface area contributed by atoms with Crippen LogP contribution in [0.3, 0.4) is 0 Å². The molecule has 0 bridgehead atoms. The van der Waals surface area contributed by atoms with E-state index in [1.165, 1.54) is 18.6 Å². The summed E-state index contributed by atoms with van der Waals surface area (Å²) in [6.45, 7) is 2.60. The standard InChI is InChI=1S/C13H13BrF2N2O/c1-2-5-18-7-17-6-10(18)13(19)11-9(15)4-3-8(14)12(11)16/h3-4,6-7,13,19H,2,5H2,1H3. The van der Waals surface area contributed by atoms with Crippen LogP contribution in [0, 0.1) is 11.6 Å². The number of aryl methyl sites for hydroxylation is 1. The molecule has 2 aromatic rings. The first-order valence-electron chi connectivity index (χ1n) is 5.87. The molecule has 0 saturated carbocycles. The monoisotopic (exact) mass is 330 g/mol.